The number of ether oxygens (including phenoxy) is 1. The molecule has 2 aromatic rings. The fourth-order valence-corrected chi connectivity index (χ4v) is 5.61. The molecule has 3 fully saturated rings. The van der Waals surface area contributed by atoms with Crippen molar-refractivity contribution in [3.05, 3.63) is 54.1 Å². The van der Waals surface area contributed by atoms with Crippen LogP contribution in [0.2, 0.25) is 0 Å². The van der Waals surface area contributed by atoms with Crippen molar-refractivity contribution in [3.8, 4) is 0 Å². The first-order valence-corrected chi connectivity index (χ1v) is 11.9. The molecule has 33 heavy (non-hydrogen) atoms. The third-order valence-corrected chi connectivity index (χ3v) is 7.75. The normalized spacial score (nSPS) is 28.5. The average molecular weight is 451 g/mol. The molecule has 1 aliphatic carbocycles. The largest absolute Gasteiger partial charge is 0.379 e. The maximum absolute atomic E-state index is 12.9. The molecule has 2 amide bonds. The van der Waals surface area contributed by atoms with Crippen LogP contribution in [0.4, 0.5) is 10.5 Å². The van der Waals surface area contributed by atoms with Crippen LogP contribution in [-0.4, -0.2) is 78.3 Å². The average Bonchev–Trinajstić information content (AvgIpc) is 3.17. The smallest absolute Gasteiger partial charge is 0.322 e. The number of hydrogen-bond acceptors (Lipinski definition) is 6. The number of rotatable bonds is 5. The van der Waals surface area contributed by atoms with Gasteiger partial charge < -0.3 is 10.1 Å². The minimum absolute atomic E-state index is 0.00884. The van der Waals surface area contributed by atoms with Crippen molar-refractivity contribution in [3.63, 3.8) is 0 Å². The third-order valence-electron chi connectivity index (χ3n) is 7.75. The molecule has 1 N–H and O–H groups in total. The summed E-state index contributed by atoms with van der Waals surface area (Å²) in [4.78, 5) is 28.5. The summed E-state index contributed by atoms with van der Waals surface area (Å²) in [5.74, 6) is 0.784. The van der Waals surface area contributed by atoms with Crippen molar-refractivity contribution in [1.29, 1.82) is 0 Å². The second kappa shape index (κ2) is 9.00. The third kappa shape index (κ3) is 4.35. The molecule has 1 aromatic carbocycles. The van der Waals surface area contributed by atoms with E-state index in [9.17, 15) is 4.79 Å². The van der Waals surface area contributed by atoms with Crippen molar-refractivity contribution in [2.75, 3.05) is 51.8 Å². The molecule has 2 aliphatic heterocycles. The fourth-order valence-electron chi connectivity index (χ4n) is 5.61. The predicted molar refractivity (Wildman–Crippen MR) is 127 cm³/mol. The first kappa shape index (κ1) is 22.3. The minimum Gasteiger partial charge on any atom is -0.379 e. The highest BCUT2D eigenvalue weighted by molar-refractivity contribution is 5.95. The zero-order chi connectivity index (χ0) is 22.9. The number of carbonyl (C=O) groups is 1. The summed E-state index contributed by atoms with van der Waals surface area (Å²) in [6, 6.07) is 10.7. The molecular weight excluding hydrogens is 416 g/mol. The van der Waals surface area contributed by atoms with Crippen molar-refractivity contribution in [2.24, 2.45) is 0 Å². The van der Waals surface area contributed by atoms with Crippen molar-refractivity contribution < 1.29 is 9.53 Å². The summed E-state index contributed by atoms with van der Waals surface area (Å²) < 4.78 is 5.41. The second-order valence-electron chi connectivity index (χ2n) is 9.83. The van der Waals surface area contributed by atoms with Crippen LogP contribution in [0.3, 0.4) is 0 Å². The summed E-state index contributed by atoms with van der Waals surface area (Å²) in [5, 5.41) is 3.32. The zero-order valence-electron chi connectivity index (χ0n) is 19.7. The van der Waals surface area contributed by atoms with E-state index in [1.54, 1.807) is 12.4 Å². The number of aromatic nitrogens is 2. The van der Waals surface area contributed by atoms with Gasteiger partial charge in [-0.2, -0.15) is 0 Å². The number of hydrogen-bond donors (Lipinski definition) is 1. The van der Waals surface area contributed by atoms with Crippen LogP contribution in [0.5, 0.6) is 0 Å². The first-order chi connectivity index (χ1) is 16.0. The molecule has 0 atom stereocenters. The van der Waals surface area contributed by atoms with Gasteiger partial charge >= 0.3 is 6.03 Å². The van der Waals surface area contributed by atoms with Gasteiger partial charge in [0.25, 0.3) is 0 Å². The lowest BCUT2D eigenvalue weighted by molar-refractivity contribution is 0.0330. The van der Waals surface area contributed by atoms with Gasteiger partial charge in [-0.05, 0) is 45.3 Å². The topological polar surface area (TPSA) is 73.8 Å². The molecule has 0 radical (unpaired) electrons. The Kier molecular flexibility index (Phi) is 6.07. The van der Waals surface area contributed by atoms with Gasteiger partial charge in [-0.15, -0.1) is 0 Å². The Balaban J connectivity index is 1.26. The number of nitrogens with one attached hydrogen (secondary N) is 1. The van der Waals surface area contributed by atoms with Gasteiger partial charge in [-0.3, -0.25) is 14.7 Å². The maximum atomic E-state index is 12.9. The summed E-state index contributed by atoms with van der Waals surface area (Å²) in [5.41, 5.74) is 1.94. The standard InChI is InChI=1S/C25H34N6O2/c1-29(2)25(20-6-4-3-5-7-20)10-8-24(9-11-25)19-31(23(32)28-24)21-16-26-22(27-17-21)18-30-12-14-33-15-13-30/h3-7,16-17H,8-15,18-19H2,1-2H3,(H,28,32)/t24-,25+. The van der Waals surface area contributed by atoms with E-state index in [4.69, 9.17) is 4.74 Å². The van der Waals surface area contributed by atoms with Crippen LogP contribution >= 0.6 is 0 Å². The van der Waals surface area contributed by atoms with Crippen LogP contribution in [0.25, 0.3) is 0 Å². The summed E-state index contributed by atoms with van der Waals surface area (Å²) >= 11 is 0. The first-order valence-electron chi connectivity index (χ1n) is 11.9. The maximum Gasteiger partial charge on any atom is 0.322 e. The van der Waals surface area contributed by atoms with Crippen LogP contribution < -0.4 is 10.2 Å². The zero-order valence-corrected chi connectivity index (χ0v) is 19.7. The van der Waals surface area contributed by atoms with E-state index >= 15 is 0 Å². The van der Waals surface area contributed by atoms with Gasteiger partial charge in [0.05, 0.1) is 49.9 Å². The summed E-state index contributed by atoms with van der Waals surface area (Å²) in [6.07, 6.45) is 7.48. The van der Waals surface area contributed by atoms with Crippen LogP contribution in [0.1, 0.15) is 37.1 Å². The highest BCUT2D eigenvalue weighted by atomic mass is 16.5. The molecule has 176 valence electrons. The Morgan fingerprint density at radius 3 is 2.33 bits per heavy atom. The number of anilines is 1. The molecule has 5 rings (SSSR count). The Labute approximate surface area is 195 Å². The van der Waals surface area contributed by atoms with E-state index in [0.717, 1.165) is 63.5 Å². The Hall–Kier alpha value is -2.55. The molecule has 1 saturated carbocycles. The van der Waals surface area contributed by atoms with Crippen molar-refractivity contribution in [2.45, 2.75) is 43.3 Å². The van der Waals surface area contributed by atoms with Crippen molar-refractivity contribution in [1.82, 2.24) is 25.1 Å². The van der Waals surface area contributed by atoms with E-state index in [0.29, 0.717) is 13.1 Å². The number of nitrogens with zero attached hydrogens (tertiary/aromatic N) is 5. The van der Waals surface area contributed by atoms with Gasteiger partial charge in [0.1, 0.15) is 5.82 Å². The SMILES string of the molecule is CN(C)[C@]1(c2ccccc2)CC[C@]2(CC1)CN(c1cnc(CN3CCOCC3)nc1)C(=O)N2. The lowest BCUT2D eigenvalue weighted by atomic mass is 9.69. The molecule has 1 spiro atoms. The number of benzene rings is 1. The van der Waals surface area contributed by atoms with E-state index in [-0.39, 0.29) is 17.1 Å². The summed E-state index contributed by atoms with van der Waals surface area (Å²) in [6.45, 7) is 4.70. The monoisotopic (exact) mass is 450 g/mol. The van der Waals surface area contributed by atoms with E-state index in [1.807, 2.05) is 4.90 Å². The van der Waals surface area contributed by atoms with Crippen LogP contribution in [-0.2, 0) is 16.8 Å². The number of urea groups is 1. The van der Waals surface area contributed by atoms with Crippen LogP contribution in [0, 0.1) is 0 Å². The molecule has 3 heterocycles. The Morgan fingerprint density at radius 1 is 1.03 bits per heavy atom. The highest BCUT2D eigenvalue weighted by Gasteiger charge is 2.50. The summed E-state index contributed by atoms with van der Waals surface area (Å²) in [7, 11) is 4.33. The van der Waals surface area contributed by atoms with Gasteiger partial charge in [0.2, 0.25) is 0 Å². The molecule has 0 unspecified atom stereocenters. The molecule has 8 heteroatoms. The number of amides is 2. The highest BCUT2D eigenvalue weighted by Crippen LogP contribution is 2.46. The molecular formula is C25H34N6O2. The second-order valence-corrected chi connectivity index (χ2v) is 9.83. The van der Waals surface area contributed by atoms with Gasteiger partial charge in [0.15, 0.2) is 0 Å². The van der Waals surface area contributed by atoms with E-state index in [1.165, 1.54) is 5.56 Å². The lowest BCUT2D eigenvalue weighted by Crippen LogP contribution is -2.54. The molecule has 0 bridgehead atoms. The van der Waals surface area contributed by atoms with Crippen LogP contribution in [0.15, 0.2) is 42.7 Å². The lowest BCUT2D eigenvalue weighted by Gasteiger charge is -2.48. The number of carbonyl (C=O) groups excluding carboxylic acids is 1. The van der Waals surface area contributed by atoms with E-state index < -0.39 is 0 Å². The minimum atomic E-state index is -0.197. The quantitative estimate of drug-likeness (QED) is 0.755. The Morgan fingerprint density at radius 2 is 1.70 bits per heavy atom. The molecule has 1 aromatic heterocycles. The van der Waals surface area contributed by atoms with Gasteiger partial charge in [-0.25, -0.2) is 14.8 Å². The van der Waals surface area contributed by atoms with Gasteiger partial charge in [-0.1, -0.05) is 30.3 Å². The molecule has 2 saturated heterocycles. The number of morpholine rings is 1. The predicted octanol–water partition coefficient (Wildman–Crippen LogP) is 2.61. The van der Waals surface area contributed by atoms with Gasteiger partial charge in [0, 0.05) is 18.6 Å². The molecule has 3 aliphatic rings. The van der Waals surface area contributed by atoms with E-state index in [2.05, 4.69) is 69.5 Å². The fraction of sp³-hybridized carbons (Fsp3) is 0.560. The Bertz CT molecular complexity index is 951. The van der Waals surface area contributed by atoms with Crippen molar-refractivity contribution >= 4 is 11.7 Å². The molecule has 8 nitrogen and oxygen atoms in total.